The van der Waals surface area contributed by atoms with Crippen molar-refractivity contribution in [2.24, 2.45) is 0 Å². The topological polar surface area (TPSA) is 32.3 Å². The minimum atomic E-state index is -0.198. The first-order valence-corrected chi connectivity index (χ1v) is 5.48. The summed E-state index contributed by atoms with van der Waals surface area (Å²) in [6, 6.07) is 13.7. The van der Waals surface area contributed by atoms with Crippen LogP contribution in [0.1, 0.15) is 11.1 Å². The fourth-order valence-corrected chi connectivity index (χ4v) is 1.65. The smallest absolute Gasteiger partial charge is 0.127 e. The standard InChI is InChI=1S/C14H14FNO/c15-14-7-2-1-5-12(14)10-16-9-11-4-3-6-13(17)8-11/h1-8,16-17H,9-10H2. The summed E-state index contributed by atoms with van der Waals surface area (Å²) in [6.45, 7) is 1.07. The van der Waals surface area contributed by atoms with Gasteiger partial charge in [0.15, 0.2) is 0 Å². The Morgan fingerprint density at radius 1 is 1.00 bits per heavy atom. The van der Waals surface area contributed by atoms with Crippen molar-refractivity contribution in [2.75, 3.05) is 0 Å². The molecule has 0 aliphatic rings. The van der Waals surface area contributed by atoms with Gasteiger partial charge in [0.1, 0.15) is 11.6 Å². The zero-order valence-electron chi connectivity index (χ0n) is 9.36. The molecule has 0 heterocycles. The summed E-state index contributed by atoms with van der Waals surface area (Å²) in [6.07, 6.45) is 0. The van der Waals surface area contributed by atoms with E-state index >= 15 is 0 Å². The maximum Gasteiger partial charge on any atom is 0.127 e. The summed E-state index contributed by atoms with van der Waals surface area (Å²) in [5, 5.41) is 12.4. The Labute approximate surface area is 99.7 Å². The second-order valence-electron chi connectivity index (χ2n) is 3.86. The van der Waals surface area contributed by atoms with E-state index in [4.69, 9.17) is 0 Å². The van der Waals surface area contributed by atoms with E-state index in [1.165, 1.54) is 6.07 Å². The van der Waals surface area contributed by atoms with Crippen LogP contribution in [0.25, 0.3) is 0 Å². The molecule has 17 heavy (non-hydrogen) atoms. The predicted molar refractivity (Wildman–Crippen MR) is 65.1 cm³/mol. The molecule has 0 saturated carbocycles. The third-order valence-corrected chi connectivity index (χ3v) is 2.51. The fraction of sp³-hybridized carbons (Fsp3) is 0.143. The minimum Gasteiger partial charge on any atom is -0.508 e. The molecule has 0 atom stereocenters. The molecule has 88 valence electrons. The number of hydrogen-bond donors (Lipinski definition) is 2. The molecule has 2 nitrogen and oxygen atoms in total. The van der Waals surface area contributed by atoms with Crippen molar-refractivity contribution in [2.45, 2.75) is 13.1 Å². The van der Waals surface area contributed by atoms with Crippen LogP contribution < -0.4 is 5.32 Å². The average Bonchev–Trinajstić information content (AvgIpc) is 2.32. The van der Waals surface area contributed by atoms with Crippen molar-refractivity contribution in [3.8, 4) is 5.75 Å². The number of halogens is 1. The summed E-state index contributed by atoms with van der Waals surface area (Å²) in [7, 11) is 0. The number of rotatable bonds is 4. The quantitative estimate of drug-likeness (QED) is 0.848. The molecular formula is C14H14FNO. The predicted octanol–water partition coefficient (Wildman–Crippen LogP) is 2.82. The van der Waals surface area contributed by atoms with Gasteiger partial charge in [-0.05, 0) is 23.8 Å². The van der Waals surface area contributed by atoms with E-state index in [0.717, 1.165) is 5.56 Å². The van der Waals surface area contributed by atoms with Crippen molar-refractivity contribution < 1.29 is 9.50 Å². The van der Waals surface area contributed by atoms with Crippen molar-refractivity contribution in [1.29, 1.82) is 0 Å². The lowest BCUT2D eigenvalue weighted by atomic mass is 10.2. The first-order chi connectivity index (χ1) is 8.25. The lowest BCUT2D eigenvalue weighted by Gasteiger charge is -2.06. The maximum atomic E-state index is 13.3. The second kappa shape index (κ2) is 5.46. The van der Waals surface area contributed by atoms with Crippen LogP contribution in [0.5, 0.6) is 5.75 Å². The zero-order valence-corrected chi connectivity index (χ0v) is 9.36. The van der Waals surface area contributed by atoms with Gasteiger partial charge in [-0.2, -0.15) is 0 Å². The summed E-state index contributed by atoms with van der Waals surface area (Å²) >= 11 is 0. The van der Waals surface area contributed by atoms with Gasteiger partial charge in [0.25, 0.3) is 0 Å². The normalized spacial score (nSPS) is 10.4. The number of nitrogens with one attached hydrogen (secondary N) is 1. The highest BCUT2D eigenvalue weighted by Crippen LogP contribution is 2.11. The molecule has 0 unspecified atom stereocenters. The van der Waals surface area contributed by atoms with E-state index in [1.54, 1.807) is 30.3 Å². The molecule has 0 fully saturated rings. The molecule has 2 N–H and O–H groups in total. The first-order valence-electron chi connectivity index (χ1n) is 5.48. The zero-order chi connectivity index (χ0) is 12.1. The van der Waals surface area contributed by atoms with Gasteiger partial charge in [0.2, 0.25) is 0 Å². The number of benzene rings is 2. The molecule has 0 saturated heterocycles. The molecule has 0 amide bonds. The molecule has 0 aliphatic carbocycles. The van der Waals surface area contributed by atoms with Crippen LogP contribution in [-0.4, -0.2) is 5.11 Å². The van der Waals surface area contributed by atoms with E-state index in [0.29, 0.717) is 18.7 Å². The van der Waals surface area contributed by atoms with Crippen molar-refractivity contribution in [3.05, 3.63) is 65.5 Å². The largest absolute Gasteiger partial charge is 0.508 e. The van der Waals surface area contributed by atoms with Gasteiger partial charge in [0.05, 0.1) is 0 Å². The Morgan fingerprint density at radius 3 is 2.59 bits per heavy atom. The molecule has 0 aromatic heterocycles. The molecule has 0 aliphatic heterocycles. The second-order valence-corrected chi connectivity index (χ2v) is 3.86. The highest BCUT2D eigenvalue weighted by atomic mass is 19.1. The lowest BCUT2D eigenvalue weighted by molar-refractivity contribution is 0.474. The van der Waals surface area contributed by atoms with Gasteiger partial charge < -0.3 is 10.4 Å². The summed E-state index contributed by atoms with van der Waals surface area (Å²) in [5.41, 5.74) is 1.62. The van der Waals surface area contributed by atoms with Gasteiger partial charge in [0, 0.05) is 18.7 Å². The first kappa shape index (κ1) is 11.6. The third kappa shape index (κ3) is 3.29. The third-order valence-electron chi connectivity index (χ3n) is 2.51. The number of phenols is 1. The van der Waals surface area contributed by atoms with E-state index in [9.17, 15) is 9.50 Å². The molecule has 2 aromatic rings. The number of aromatic hydroxyl groups is 1. The monoisotopic (exact) mass is 231 g/mol. The molecule has 2 aromatic carbocycles. The van der Waals surface area contributed by atoms with Crippen LogP contribution in [0.4, 0.5) is 4.39 Å². The maximum absolute atomic E-state index is 13.3. The number of phenolic OH excluding ortho intramolecular Hbond substituents is 1. The van der Waals surface area contributed by atoms with Gasteiger partial charge in [-0.25, -0.2) is 4.39 Å². The van der Waals surface area contributed by atoms with Crippen LogP contribution >= 0.6 is 0 Å². The van der Waals surface area contributed by atoms with Crippen LogP contribution in [0.2, 0.25) is 0 Å². The molecular weight excluding hydrogens is 217 g/mol. The van der Waals surface area contributed by atoms with Crippen LogP contribution in [-0.2, 0) is 13.1 Å². The van der Waals surface area contributed by atoms with Crippen LogP contribution in [0.15, 0.2) is 48.5 Å². The fourth-order valence-electron chi connectivity index (χ4n) is 1.65. The molecule has 0 radical (unpaired) electrons. The highest BCUT2D eigenvalue weighted by molar-refractivity contribution is 5.27. The highest BCUT2D eigenvalue weighted by Gasteiger charge is 2.00. The van der Waals surface area contributed by atoms with Gasteiger partial charge in [-0.3, -0.25) is 0 Å². The summed E-state index contributed by atoms with van der Waals surface area (Å²) in [5.74, 6) is 0.0473. The van der Waals surface area contributed by atoms with Crippen molar-refractivity contribution in [3.63, 3.8) is 0 Å². The molecule has 0 spiro atoms. The van der Waals surface area contributed by atoms with Crippen LogP contribution in [0.3, 0.4) is 0 Å². The Morgan fingerprint density at radius 2 is 1.82 bits per heavy atom. The summed E-state index contributed by atoms with van der Waals surface area (Å²) in [4.78, 5) is 0. The SMILES string of the molecule is Oc1cccc(CNCc2ccccc2F)c1. The molecule has 2 rings (SSSR count). The van der Waals surface area contributed by atoms with Gasteiger partial charge in [-0.1, -0.05) is 30.3 Å². The average molecular weight is 231 g/mol. The Bertz CT molecular complexity index is 499. The Hall–Kier alpha value is -1.87. The van der Waals surface area contributed by atoms with E-state index in [1.807, 2.05) is 12.1 Å². The van der Waals surface area contributed by atoms with Gasteiger partial charge in [-0.15, -0.1) is 0 Å². The van der Waals surface area contributed by atoms with Crippen LogP contribution in [0, 0.1) is 5.82 Å². The van der Waals surface area contributed by atoms with Crippen molar-refractivity contribution in [1.82, 2.24) is 5.32 Å². The summed E-state index contributed by atoms with van der Waals surface area (Å²) < 4.78 is 13.3. The van der Waals surface area contributed by atoms with E-state index in [-0.39, 0.29) is 11.6 Å². The molecule has 3 heteroatoms. The lowest BCUT2D eigenvalue weighted by Crippen LogP contribution is -2.13. The minimum absolute atomic E-state index is 0.198. The molecule has 0 bridgehead atoms. The Kier molecular flexibility index (Phi) is 3.73. The Balaban J connectivity index is 1.90. The van der Waals surface area contributed by atoms with Crippen molar-refractivity contribution >= 4 is 0 Å². The number of hydrogen-bond acceptors (Lipinski definition) is 2. The van der Waals surface area contributed by atoms with Gasteiger partial charge >= 0.3 is 0 Å². The van der Waals surface area contributed by atoms with E-state index < -0.39 is 0 Å². The van der Waals surface area contributed by atoms with E-state index in [2.05, 4.69) is 5.32 Å².